The predicted molar refractivity (Wildman–Crippen MR) is 92.8 cm³/mol. The van der Waals surface area contributed by atoms with E-state index in [2.05, 4.69) is 26.8 Å². The highest BCUT2D eigenvalue weighted by Gasteiger charge is 2.18. The standard InChI is InChI=1S/C17H19BrN2O4/c1-9-5-6-15(14(18)7-9)24-12(4)16(21)19-20-17(22)13-8-10(2)23-11(13)3/h5-8,12H,1-4H3,(H,19,21)(H,20,22)/t12-/m0/s1. The first-order valence-corrected chi connectivity index (χ1v) is 8.17. The van der Waals surface area contributed by atoms with Crippen molar-refractivity contribution < 1.29 is 18.7 Å². The molecule has 2 N–H and O–H groups in total. The van der Waals surface area contributed by atoms with E-state index in [1.807, 2.05) is 19.1 Å². The summed E-state index contributed by atoms with van der Waals surface area (Å²) >= 11 is 3.39. The van der Waals surface area contributed by atoms with Gasteiger partial charge in [-0.1, -0.05) is 6.07 Å². The molecule has 0 aliphatic heterocycles. The van der Waals surface area contributed by atoms with Crippen LogP contribution in [0.15, 0.2) is 33.2 Å². The largest absolute Gasteiger partial charge is 0.480 e. The molecule has 2 amide bonds. The van der Waals surface area contributed by atoms with Crippen LogP contribution in [0.2, 0.25) is 0 Å². The molecule has 6 nitrogen and oxygen atoms in total. The SMILES string of the molecule is Cc1ccc(O[C@@H](C)C(=O)NNC(=O)c2cc(C)oc2C)c(Br)c1. The molecular weight excluding hydrogens is 376 g/mol. The number of furan rings is 1. The van der Waals surface area contributed by atoms with Crippen molar-refractivity contribution in [3.05, 3.63) is 51.4 Å². The second-order valence-corrected chi connectivity index (χ2v) is 6.32. The first-order chi connectivity index (χ1) is 11.3. The van der Waals surface area contributed by atoms with Gasteiger partial charge in [0.15, 0.2) is 6.10 Å². The van der Waals surface area contributed by atoms with Crippen LogP contribution in [-0.2, 0) is 4.79 Å². The molecule has 1 aromatic heterocycles. The topological polar surface area (TPSA) is 80.6 Å². The first kappa shape index (κ1) is 18.1. The number of nitrogens with one attached hydrogen (secondary N) is 2. The highest BCUT2D eigenvalue weighted by Crippen LogP contribution is 2.26. The lowest BCUT2D eigenvalue weighted by Gasteiger charge is -2.16. The predicted octanol–water partition coefficient (Wildman–Crippen LogP) is 3.20. The van der Waals surface area contributed by atoms with Gasteiger partial charge < -0.3 is 9.15 Å². The molecule has 0 spiro atoms. The maximum absolute atomic E-state index is 12.1. The highest BCUT2D eigenvalue weighted by atomic mass is 79.9. The van der Waals surface area contributed by atoms with Crippen molar-refractivity contribution in [1.29, 1.82) is 0 Å². The summed E-state index contributed by atoms with van der Waals surface area (Å²) in [5.41, 5.74) is 6.15. The second-order valence-electron chi connectivity index (χ2n) is 5.46. The van der Waals surface area contributed by atoms with Crippen molar-refractivity contribution in [2.24, 2.45) is 0 Å². The van der Waals surface area contributed by atoms with Gasteiger partial charge in [0, 0.05) is 0 Å². The minimum atomic E-state index is -0.781. The third-order valence-electron chi connectivity index (χ3n) is 3.35. The average molecular weight is 395 g/mol. The lowest BCUT2D eigenvalue weighted by molar-refractivity contribution is -0.128. The maximum atomic E-state index is 12.1. The van der Waals surface area contributed by atoms with Crippen LogP contribution < -0.4 is 15.6 Å². The van der Waals surface area contributed by atoms with Crippen LogP contribution in [0.3, 0.4) is 0 Å². The molecule has 24 heavy (non-hydrogen) atoms. The molecule has 0 aliphatic rings. The van der Waals surface area contributed by atoms with Crippen molar-refractivity contribution in [2.45, 2.75) is 33.8 Å². The van der Waals surface area contributed by atoms with Crippen molar-refractivity contribution in [3.63, 3.8) is 0 Å². The number of ether oxygens (including phenoxy) is 1. The molecule has 0 fully saturated rings. The van der Waals surface area contributed by atoms with Crippen LogP contribution in [-0.4, -0.2) is 17.9 Å². The van der Waals surface area contributed by atoms with Crippen LogP contribution in [0.1, 0.15) is 34.4 Å². The Labute approximate surface area is 148 Å². The molecular formula is C17H19BrN2O4. The Morgan fingerprint density at radius 3 is 2.46 bits per heavy atom. The number of hydrogen-bond donors (Lipinski definition) is 2. The Morgan fingerprint density at radius 2 is 1.88 bits per heavy atom. The first-order valence-electron chi connectivity index (χ1n) is 7.38. The lowest BCUT2D eigenvalue weighted by atomic mass is 10.2. The minimum Gasteiger partial charge on any atom is -0.480 e. The van der Waals surface area contributed by atoms with Gasteiger partial charge in [-0.3, -0.25) is 20.4 Å². The molecule has 1 aromatic carbocycles. The van der Waals surface area contributed by atoms with Gasteiger partial charge in [0.2, 0.25) is 0 Å². The zero-order valence-electron chi connectivity index (χ0n) is 13.9. The minimum absolute atomic E-state index is 0.377. The van der Waals surface area contributed by atoms with Gasteiger partial charge in [-0.25, -0.2) is 0 Å². The summed E-state index contributed by atoms with van der Waals surface area (Å²) in [6.45, 7) is 6.99. The van der Waals surface area contributed by atoms with Crippen molar-refractivity contribution in [1.82, 2.24) is 10.9 Å². The summed E-state index contributed by atoms with van der Waals surface area (Å²) in [4.78, 5) is 24.1. The number of hydrogen-bond acceptors (Lipinski definition) is 4. The van der Waals surface area contributed by atoms with Gasteiger partial charge in [-0.2, -0.15) is 0 Å². The number of rotatable bonds is 4. The van der Waals surface area contributed by atoms with Gasteiger partial charge in [0.05, 0.1) is 10.0 Å². The fourth-order valence-electron chi connectivity index (χ4n) is 2.09. The fraction of sp³-hybridized carbons (Fsp3) is 0.294. The zero-order valence-corrected chi connectivity index (χ0v) is 15.5. The molecule has 0 saturated heterocycles. The van der Waals surface area contributed by atoms with E-state index in [1.165, 1.54) is 0 Å². The van der Waals surface area contributed by atoms with E-state index in [9.17, 15) is 9.59 Å². The molecule has 1 atom stereocenters. The van der Waals surface area contributed by atoms with Crippen LogP contribution in [0, 0.1) is 20.8 Å². The number of halogens is 1. The Balaban J connectivity index is 1.92. The number of carbonyl (C=O) groups is 2. The number of amides is 2. The second kappa shape index (κ2) is 7.53. The van der Waals surface area contributed by atoms with Gasteiger partial charge in [0.1, 0.15) is 17.3 Å². The van der Waals surface area contributed by atoms with Crippen molar-refractivity contribution in [2.75, 3.05) is 0 Å². The number of hydrazine groups is 1. The molecule has 0 saturated carbocycles. The summed E-state index contributed by atoms with van der Waals surface area (Å²) in [6, 6.07) is 7.17. The summed E-state index contributed by atoms with van der Waals surface area (Å²) in [5, 5.41) is 0. The van der Waals surface area contributed by atoms with Crippen molar-refractivity contribution in [3.8, 4) is 5.75 Å². The summed E-state index contributed by atoms with van der Waals surface area (Å²) < 4.78 is 11.6. The highest BCUT2D eigenvalue weighted by molar-refractivity contribution is 9.10. The van der Waals surface area contributed by atoms with Gasteiger partial charge in [-0.15, -0.1) is 0 Å². The zero-order chi connectivity index (χ0) is 17.9. The molecule has 0 aliphatic carbocycles. The Hall–Kier alpha value is -2.28. The third-order valence-corrected chi connectivity index (χ3v) is 3.96. The smallest absolute Gasteiger partial charge is 0.279 e. The average Bonchev–Trinajstić information content (AvgIpc) is 2.85. The number of aryl methyl sites for hydroxylation is 3. The normalized spacial score (nSPS) is 11.7. The molecule has 128 valence electrons. The molecule has 2 rings (SSSR count). The van der Waals surface area contributed by atoms with Gasteiger partial charge >= 0.3 is 0 Å². The van der Waals surface area contributed by atoms with E-state index in [1.54, 1.807) is 32.9 Å². The molecule has 0 radical (unpaired) electrons. The summed E-state index contributed by atoms with van der Waals surface area (Å²) in [7, 11) is 0. The van der Waals surface area contributed by atoms with E-state index < -0.39 is 17.9 Å². The Morgan fingerprint density at radius 1 is 1.17 bits per heavy atom. The van der Waals surface area contributed by atoms with E-state index >= 15 is 0 Å². The number of benzene rings is 1. The van der Waals surface area contributed by atoms with Crippen LogP contribution in [0.4, 0.5) is 0 Å². The molecule has 0 bridgehead atoms. The van der Waals surface area contributed by atoms with E-state index in [-0.39, 0.29) is 0 Å². The monoisotopic (exact) mass is 394 g/mol. The number of carbonyl (C=O) groups excluding carboxylic acids is 2. The molecule has 0 unspecified atom stereocenters. The molecule has 2 aromatic rings. The van der Waals surface area contributed by atoms with E-state index in [0.29, 0.717) is 22.8 Å². The Kier molecular flexibility index (Phi) is 5.66. The Bertz CT molecular complexity index is 770. The van der Waals surface area contributed by atoms with Gasteiger partial charge in [-0.05, 0) is 67.4 Å². The lowest BCUT2D eigenvalue weighted by Crippen LogP contribution is -2.47. The van der Waals surface area contributed by atoms with Crippen LogP contribution in [0.25, 0.3) is 0 Å². The van der Waals surface area contributed by atoms with Crippen molar-refractivity contribution >= 4 is 27.7 Å². The maximum Gasteiger partial charge on any atom is 0.279 e. The summed E-state index contributed by atoms with van der Waals surface area (Å²) in [6.07, 6.45) is -0.781. The quantitative estimate of drug-likeness (QED) is 0.780. The fourth-order valence-corrected chi connectivity index (χ4v) is 2.68. The molecule has 1 heterocycles. The van der Waals surface area contributed by atoms with Crippen LogP contribution in [0.5, 0.6) is 5.75 Å². The molecule has 7 heteroatoms. The van der Waals surface area contributed by atoms with Gasteiger partial charge in [0.25, 0.3) is 11.8 Å². The third kappa shape index (κ3) is 4.38. The van der Waals surface area contributed by atoms with E-state index in [4.69, 9.17) is 9.15 Å². The van der Waals surface area contributed by atoms with E-state index in [0.717, 1.165) is 10.0 Å². The van der Waals surface area contributed by atoms with Crippen LogP contribution >= 0.6 is 15.9 Å². The summed E-state index contributed by atoms with van der Waals surface area (Å²) in [5.74, 6) is 0.767.